The van der Waals surface area contributed by atoms with E-state index in [0.29, 0.717) is 12.7 Å². The van der Waals surface area contributed by atoms with Crippen LogP contribution in [-0.2, 0) is 14.8 Å². The smallest absolute Gasteiger partial charge is 0.212 e. The summed E-state index contributed by atoms with van der Waals surface area (Å²) in [6.07, 6.45) is 1.02. The molecule has 5 heteroatoms. The molecule has 1 fully saturated rings. The largest absolute Gasteiger partial charge is 0.302 e. The highest BCUT2D eigenvalue weighted by atomic mass is 32.2. The Bertz CT molecular complexity index is 208. The van der Waals surface area contributed by atoms with E-state index in [2.05, 4.69) is 4.72 Å². The van der Waals surface area contributed by atoms with Crippen LogP contribution >= 0.6 is 0 Å². The molecule has 1 saturated heterocycles. The molecule has 0 aromatic rings. The molecule has 0 aromatic heterocycles. The number of carbonyl (C=O) groups excluding carboxylic acids is 1. The number of aldehydes is 1. The van der Waals surface area contributed by atoms with Gasteiger partial charge in [0.25, 0.3) is 0 Å². The minimum atomic E-state index is -3.09. The van der Waals surface area contributed by atoms with Crippen LogP contribution in [0.15, 0.2) is 0 Å². The van der Waals surface area contributed by atoms with Crippen LogP contribution in [-0.4, -0.2) is 26.5 Å². The van der Waals surface area contributed by atoms with Crippen molar-refractivity contribution in [2.45, 2.75) is 12.5 Å². The fourth-order valence-corrected chi connectivity index (χ4v) is 2.04. The second kappa shape index (κ2) is 2.07. The first-order chi connectivity index (χ1) is 4.14. The summed E-state index contributed by atoms with van der Waals surface area (Å²) in [6, 6.07) is -0.477. The van der Waals surface area contributed by atoms with E-state index < -0.39 is 16.1 Å². The Balaban J connectivity index is 2.68. The number of carbonyl (C=O) groups is 1. The van der Waals surface area contributed by atoms with Gasteiger partial charge in [-0.05, 0) is 6.42 Å². The highest BCUT2D eigenvalue weighted by Gasteiger charge is 2.25. The average Bonchev–Trinajstić information content (AvgIpc) is 2.10. The quantitative estimate of drug-likeness (QED) is 0.480. The highest BCUT2D eigenvalue weighted by molar-refractivity contribution is 7.89. The molecule has 1 atom stereocenters. The lowest BCUT2D eigenvalue weighted by atomic mass is 10.3. The summed E-state index contributed by atoms with van der Waals surface area (Å²) >= 11 is 0. The predicted molar refractivity (Wildman–Crippen MR) is 31.4 cm³/mol. The number of hydrogen-bond acceptors (Lipinski definition) is 3. The monoisotopic (exact) mass is 149 g/mol. The van der Waals surface area contributed by atoms with Crippen molar-refractivity contribution in [1.82, 2.24) is 4.72 Å². The van der Waals surface area contributed by atoms with Crippen molar-refractivity contribution in [2.75, 3.05) is 5.75 Å². The van der Waals surface area contributed by atoms with Gasteiger partial charge >= 0.3 is 0 Å². The zero-order valence-electron chi connectivity index (χ0n) is 4.70. The van der Waals surface area contributed by atoms with Crippen LogP contribution in [0.3, 0.4) is 0 Å². The SMILES string of the molecule is O=C[C@@H]1CCS(=O)(=O)N1. The van der Waals surface area contributed by atoms with Crippen LogP contribution < -0.4 is 4.72 Å². The van der Waals surface area contributed by atoms with Gasteiger partial charge in [-0.1, -0.05) is 0 Å². The molecule has 4 nitrogen and oxygen atoms in total. The topological polar surface area (TPSA) is 63.2 Å². The number of sulfonamides is 1. The molecule has 0 radical (unpaired) electrons. The van der Waals surface area contributed by atoms with Crippen LogP contribution in [0.5, 0.6) is 0 Å². The van der Waals surface area contributed by atoms with E-state index >= 15 is 0 Å². The maximum atomic E-state index is 10.5. The summed E-state index contributed by atoms with van der Waals surface area (Å²) in [5.41, 5.74) is 0. The molecular formula is C4H7NO3S. The van der Waals surface area contributed by atoms with Crippen LogP contribution in [0, 0.1) is 0 Å². The van der Waals surface area contributed by atoms with Crippen LogP contribution in [0.2, 0.25) is 0 Å². The summed E-state index contributed by atoms with van der Waals surface area (Å²) in [7, 11) is -3.09. The van der Waals surface area contributed by atoms with Crippen molar-refractivity contribution in [1.29, 1.82) is 0 Å². The van der Waals surface area contributed by atoms with Gasteiger partial charge in [-0.15, -0.1) is 0 Å². The van der Waals surface area contributed by atoms with E-state index in [4.69, 9.17) is 0 Å². The minimum absolute atomic E-state index is 0.0798. The fraction of sp³-hybridized carbons (Fsp3) is 0.750. The van der Waals surface area contributed by atoms with E-state index in [-0.39, 0.29) is 5.75 Å². The van der Waals surface area contributed by atoms with Crippen LogP contribution in [0.25, 0.3) is 0 Å². The van der Waals surface area contributed by atoms with Gasteiger partial charge in [-0.25, -0.2) is 13.1 Å². The van der Waals surface area contributed by atoms with Gasteiger partial charge in [0.1, 0.15) is 6.29 Å². The summed E-state index contributed by atoms with van der Waals surface area (Å²) in [4.78, 5) is 9.97. The Hall–Kier alpha value is -0.420. The average molecular weight is 149 g/mol. The number of hydrogen-bond donors (Lipinski definition) is 1. The van der Waals surface area contributed by atoms with Gasteiger partial charge in [0.15, 0.2) is 0 Å². The van der Waals surface area contributed by atoms with E-state index in [1.807, 2.05) is 0 Å². The molecule has 0 spiro atoms. The maximum absolute atomic E-state index is 10.5. The molecule has 0 bridgehead atoms. The third kappa shape index (κ3) is 1.49. The standard InChI is InChI=1S/C4H7NO3S/c6-3-4-1-2-9(7,8)5-4/h3-5H,1-2H2/t4-/m0/s1. The van der Waals surface area contributed by atoms with E-state index in [1.54, 1.807) is 0 Å². The summed E-state index contributed by atoms with van der Waals surface area (Å²) in [6.45, 7) is 0. The molecule has 9 heavy (non-hydrogen) atoms. The Morgan fingerprint density at radius 2 is 2.22 bits per heavy atom. The lowest BCUT2D eigenvalue weighted by Crippen LogP contribution is -2.26. The highest BCUT2D eigenvalue weighted by Crippen LogP contribution is 2.03. The molecule has 1 N–H and O–H groups in total. The molecule has 1 aliphatic rings. The lowest BCUT2D eigenvalue weighted by molar-refractivity contribution is -0.109. The molecule has 0 aromatic carbocycles. The summed E-state index contributed by atoms with van der Waals surface area (Å²) < 4.78 is 23.2. The normalized spacial score (nSPS) is 32.2. The van der Waals surface area contributed by atoms with Crippen molar-refractivity contribution >= 4 is 16.3 Å². The number of nitrogens with one attached hydrogen (secondary N) is 1. The van der Waals surface area contributed by atoms with Gasteiger partial charge in [-0.3, -0.25) is 0 Å². The Kier molecular flexibility index (Phi) is 1.54. The molecule has 0 unspecified atom stereocenters. The van der Waals surface area contributed by atoms with Crippen LogP contribution in [0.1, 0.15) is 6.42 Å². The zero-order valence-corrected chi connectivity index (χ0v) is 5.52. The summed E-state index contributed by atoms with van der Waals surface area (Å²) in [5, 5.41) is 0. The van der Waals surface area contributed by atoms with E-state index in [1.165, 1.54) is 0 Å². The Morgan fingerprint density at radius 1 is 1.56 bits per heavy atom. The third-order valence-electron chi connectivity index (χ3n) is 1.19. The molecule has 0 amide bonds. The van der Waals surface area contributed by atoms with Crippen LogP contribution in [0.4, 0.5) is 0 Å². The van der Waals surface area contributed by atoms with Crippen molar-refractivity contribution in [3.05, 3.63) is 0 Å². The minimum Gasteiger partial charge on any atom is -0.302 e. The van der Waals surface area contributed by atoms with Crippen molar-refractivity contribution in [2.24, 2.45) is 0 Å². The fourth-order valence-electron chi connectivity index (χ4n) is 0.726. The molecule has 52 valence electrons. The van der Waals surface area contributed by atoms with Gasteiger partial charge in [0, 0.05) is 0 Å². The van der Waals surface area contributed by atoms with Crippen molar-refractivity contribution in [3.63, 3.8) is 0 Å². The number of rotatable bonds is 1. The first-order valence-corrected chi connectivity index (χ1v) is 4.24. The zero-order chi connectivity index (χ0) is 6.91. The Labute approximate surface area is 53.3 Å². The first-order valence-electron chi connectivity index (χ1n) is 2.59. The second-order valence-corrected chi connectivity index (χ2v) is 3.84. The van der Waals surface area contributed by atoms with E-state index in [9.17, 15) is 13.2 Å². The first kappa shape index (κ1) is 6.70. The Morgan fingerprint density at radius 3 is 2.44 bits per heavy atom. The molecule has 1 heterocycles. The molecular weight excluding hydrogens is 142 g/mol. The lowest BCUT2D eigenvalue weighted by Gasteiger charge is -1.93. The van der Waals surface area contributed by atoms with Gasteiger partial charge in [-0.2, -0.15) is 0 Å². The molecule has 0 saturated carbocycles. The van der Waals surface area contributed by atoms with Crippen molar-refractivity contribution < 1.29 is 13.2 Å². The van der Waals surface area contributed by atoms with E-state index in [0.717, 1.165) is 0 Å². The maximum Gasteiger partial charge on any atom is 0.212 e. The summed E-state index contributed by atoms with van der Waals surface area (Å²) in [5.74, 6) is 0.0798. The molecule has 0 aliphatic carbocycles. The van der Waals surface area contributed by atoms with Gasteiger partial charge in [0.05, 0.1) is 11.8 Å². The molecule has 1 aliphatic heterocycles. The predicted octanol–water partition coefficient (Wildman–Crippen LogP) is -1.12. The van der Waals surface area contributed by atoms with Gasteiger partial charge in [0.2, 0.25) is 10.0 Å². The van der Waals surface area contributed by atoms with Crippen molar-refractivity contribution in [3.8, 4) is 0 Å². The van der Waals surface area contributed by atoms with Gasteiger partial charge < -0.3 is 4.79 Å². The third-order valence-corrected chi connectivity index (χ3v) is 2.63. The molecule has 1 rings (SSSR count). The second-order valence-electron chi connectivity index (χ2n) is 1.97.